The maximum Gasteiger partial charge on any atom is 0.227 e. The molecule has 0 aromatic carbocycles. The van der Waals surface area contributed by atoms with Crippen LogP contribution in [-0.4, -0.2) is 35.5 Å². The minimum absolute atomic E-state index is 0.113. The van der Waals surface area contributed by atoms with Crippen molar-refractivity contribution >= 4 is 5.91 Å². The monoisotopic (exact) mass is 286 g/mol. The van der Waals surface area contributed by atoms with Gasteiger partial charge in [-0.15, -0.1) is 0 Å². The SMILES string of the molecule is CCc1ncc2c(n1)CN(C(=O)C(C)Cn1cncn1)C2. The van der Waals surface area contributed by atoms with Crippen molar-refractivity contribution in [2.24, 2.45) is 5.92 Å². The lowest BCUT2D eigenvalue weighted by Crippen LogP contribution is -2.32. The van der Waals surface area contributed by atoms with Crippen molar-refractivity contribution in [3.05, 3.63) is 35.9 Å². The number of aryl methyl sites for hydroxylation is 1. The summed E-state index contributed by atoms with van der Waals surface area (Å²) in [6, 6.07) is 0. The lowest BCUT2D eigenvalue weighted by molar-refractivity contribution is -0.136. The van der Waals surface area contributed by atoms with Crippen molar-refractivity contribution in [3.63, 3.8) is 0 Å². The van der Waals surface area contributed by atoms with Gasteiger partial charge in [-0.1, -0.05) is 13.8 Å². The molecule has 21 heavy (non-hydrogen) atoms. The summed E-state index contributed by atoms with van der Waals surface area (Å²) in [7, 11) is 0. The van der Waals surface area contributed by atoms with E-state index in [9.17, 15) is 4.79 Å². The number of amides is 1. The molecule has 7 heteroatoms. The molecule has 1 amide bonds. The average Bonchev–Trinajstić information content (AvgIpc) is 3.14. The van der Waals surface area contributed by atoms with Gasteiger partial charge in [0.1, 0.15) is 18.5 Å². The van der Waals surface area contributed by atoms with Crippen LogP contribution in [-0.2, 0) is 30.8 Å². The van der Waals surface area contributed by atoms with Crippen LogP contribution in [0.3, 0.4) is 0 Å². The van der Waals surface area contributed by atoms with E-state index in [0.717, 1.165) is 23.5 Å². The third-order valence-corrected chi connectivity index (χ3v) is 3.68. The van der Waals surface area contributed by atoms with Crippen LogP contribution in [0.2, 0.25) is 0 Å². The molecule has 1 atom stereocenters. The third kappa shape index (κ3) is 2.76. The van der Waals surface area contributed by atoms with Crippen LogP contribution in [0.5, 0.6) is 0 Å². The molecule has 2 aromatic heterocycles. The summed E-state index contributed by atoms with van der Waals surface area (Å²) in [5.41, 5.74) is 2.02. The number of carbonyl (C=O) groups is 1. The van der Waals surface area contributed by atoms with Gasteiger partial charge in [0.15, 0.2) is 0 Å². The minimum Gasteiger partial charge on any atom is -0.332 e. The van der Waals surface area contributed by atoms with Gasteiger partial charge in [-0.3, -0.25) is 9.48 Å². The molecule has 0 N–H and O–H groups in total. The maximum atomic E-state index is 12.5. The van der Waals surface area contributed by atoms with Crippen LogP contribution in [0.4, 0.5) is 0 Å². The van der Waals surface area contributed by atoms with Crippen LogP contribution in [0.15, 0.2) is 18.9 Å². The van der Waals surface area contributed by atoms with Crippen molar-refractivity contribution in [1.82, 2.24) is 29.6 Å². The first-order valence-electron chi connectivity index (χ1n) is 7.12. The van der Waals surface area contributed by atoms with Crippen LogP contribution in [0, 0.1) is 5.92 Å². The third-order valence-electron chi connectivity index (χ3n) is 3.68. The van der Waals surface area contributed by atoms with Crippen LogP contribution < -0.4 is 0 Å². The minimum atomic E-state index is -0.139. The molecule has 0 fully saturated rings. The number of aromatic nitrogens is 5. The molecule has 1 aliphatic heterocycles. The Balaban J connectivity index is 1.67. The van der Waals surface area contributed by atoms with E-state index < -0.39 is 0 Å². The highest BCUT2D eigenvalue weighted by Gasteiger charge is 2.28. The van der Waals surface area contributed by atoms with E-state index >= 15 is 0 Å². The maximum absolute atomic E-state index is 12.5. The average molecular weight is 286 g/mol. The van der Waals surface area contributed by atoms with Crippen molar-refractivity contribution in [3.8, 4) is 0 Å². The number of fused-ring (bicyclic) bond motifs is 1. The second-order valence-corrected chi connectivity index (χ2v) is 5.32. The van der Waals surface area contributed by atoms with Crippen molar-refractivity contribution < 1.29 is 4.79 Å². The first-order chi connectivity index (χ1) is 10.2. The van der Waals surface area contributed by atoms with Gasteiger partial charge in [-0.05, 0) is 0 Å². The molecular formula is C14H18N6O. The lowest BCUT2D eigenvalue weighted by atomic mass is 10.1. The standard InChI is InChI=1S/C14H18N6O/c1-3-13-16-4-11-6-19(7-12(11)18-13)14(21)10(2)5-20-9-15-8-17-20/h4,8-10H,3,5-7H2,1-2H3. The lowest BCUT2D eigenvalue weighted by Gasteiger charge is -2.19. The number of nitrogens with zero attached hydrogens (tertiary/aromatic N) is 6. The van der Waals surface area contributed by atoms with Crippen LogP contribution in [0.1, 0.15) is 30.9 Å². The van der Waals surface area contributed by atoms with Gasteiger partial charge in [0, 0.05) is 24.7 Å². The van der Waals surface area contributed by atoms with Crippen molar-refractivity contribution in [2.75, 3.05) is 0 Å². The zero-order valence-electron chi connectivity index (χ0n) is 12.2. The molecule has 0 radical (unpaired) electrons. The number of rotatable bonds is 4. The Hall–Kier alpha value is -2.31. The Labute approximate surface area is 123 Å². The predicted molar refractivity (Wildman–Crippen MR) is 74.9 cm³/mol. The Morgan fingerprint density at radius 2 is 2.29 bits per heavy atom. The molecule has 1 aliphatic rings. The molecule has 0 saturated heterocycles. The van der Waals surface area contributed by atoms with Gasteiger partial charge < -0.3 is 4.90 Å². The molecule has 2 aromatic rings. The van der Waals surface area contributed by atoms with Gasteiger partial charge in [0.25, 0.3) is 0 Å². The number of carbonyl (C=O) groups excluding carboxylic acids is 1. The number of hydrogen-bond acceptors (Lipinski definition) is 5. The quantitative estimate of drug-likeness (QED) is 0.831. The first-order valence-corrected chi connectivity index (χ1v) is 7.12. The second kappa shape index (κ2) is 5.59. The molecule has 7 nitrogen and oxygen atoms in total. The Morgan fingerprint density at radius 3 is 3.00 bits per heavy atom. The van der Waals surface area contributed by atoms with Crippen LogP contribution in [0.25, 0.3) is 0 Å². The largest absolute Gasteiger partial charge is 0.332 e. The highest BCUT2D eigenvalue weighted by molar-refractivity contribution is 5.79. The predicted octanol–water partition coefficient (Wildman–Crippen LogP) is 0.809. The Bertz CT molecular complexity index is 639. The smallest absolute Gasteiger partial charge is 0.227 e. The number of hydrogen-bond donors (Lipinski definition) is 0. The van der Waals surface area contributed by atoms with E-state index in [2.05, 4.69) is 20.1 Å². The van der Waals surface area contributed by atoms with E-state index in [1.807, 2.05) is 24.9 Å². The topological polar surface area (TPSA) is 76.8 Å². The molecule has 0 aliphatic carbocycles. The van der Waals surface area contributed by atoms with Gasteiger partial charge in [0.2, 0.25) is 5.91 Å². The molecule has 0 saturated carbocycles. The van der Waals surface area contributed by atoms with E-state index in [4.69, 9.17) is 0 Å². The van der Waals surface area contributed by atoms with Crippen molar-refractivity contribution in [1.29, 1.82) is 0 Å². The fourth-order valence-corrected chi connectivity index (χ4v) is 2.52. The molecule has 0 spiro atoms. The highest BCUT2D eigenvalue weighted by atomic mass is 16.2. The second-order valence-electron chi connectivity index (χ2n) is 5.32. The summed E-state index contributed by atoms with van der Waals surface area (Å²) in [6.07, 6.45) is 5.76. The van der Waals surface area contributed by atoms with Gasteiger partial charge in [-0.25, -0.2) is 15.0 Å². The van der Waals surface area contributed by atoms with Crippen molar-refractivity contribution in [2.45, 2.75) is 39.9 Å². The molecule has 3 heterocycles. The summed E-state index contributed by atoms with van der Waals surface area (Å²) >= 11 is 0. The summed E-state index contributed by atoms with van der Waals surface area (Å²) in [6.45, 7) is 5.65. The molecule has 110 valence electrons. The summed E-state index contributed by atoms with van der Waals surface area (Å²) in [4.78, 5) is 27.0. The van der Waals surface area contributed by atoms with E-state index in [-0.39, 0.29) is 11.8 Å². The van der Waals surface area contributed by atoms with Gasteiger partial charge in [0.05, 0.1) is 24.7 Å². The van der Waals surface area contributed by atoms with E-state index in [1.165, 1.54) is 6.33 Å². The fourth-order valence-electron chi connectivity index (χ4n) is 2.52. The Kier molecular flexibility index (Phi) is 3.64. The summed E-state index contributed by atoms with van der Waals surface area (Å²) < 4.78 is 1.68. The molecule has 3 rings (SSSR count). The van der Waals surface area contributed by atoms with Crippen LogP contribution >= 0.6 is 0 Å². The first kappa shape index (κ1) is 13.7. The zero-order chi connectivity index (χ0) is 14.8. The normalized spacial score (nSPS) is 15.0. The van der Waals surface area contributed by atoms with Gasteiger partial charge in [-0.2, -0.15) is 5.10 Å². The van der Waals surface area contributed by atoms with E-state index in [0.29, 0.717) is 19.6 Å². The molecular weight excluding hydrogens is 268 g/mol. The fraction of sp³-hybridized carbons (Fsp3) is 0.500. The Morgan fingerprint density at radius 1 is 1.43 bits per heavy atom. The van der Waals surface area contributed by atoms with E-state index in [1.54, 1.807) is 11.0 Å². The summed E-state index contributed by atoms with van der Waals surface area (Å²) in [5.74, 6) is 0.805. The zero-order valence-corrected chi connectivity index (χ0v) is 12.2. The highest BCUT2D eigenvalue weighted by Crippen LogP contribution is 2.22. The summed E-state index contributed by atoms with van der Waals surface area (Å²) in [5, 5.41) is 4.04. The van der Waals surface area contributed by atoms with Gasteiger partial charge >= 0.3 is 0 Å². The molecule has 1 unspecified atom stereocenters. The molecule has 0 bridgehead atoms.